The van der Waals surface area contributed by atoms with Gasteiger partial charge < -0.3 is 40.4 Å². The maximum atomic E-state index is 13.0. The summed E-state index contributed by atoms with van der Waals surface area (Å²) < 4.78 is 10.3. The van der Waals surface area contributed by atoms with Gasteiger partial charge in [0.2, 0.25) is 5.91 Å². The average Bonchev–Trinajstić information content (AvgIpc) is 3.47. The predicted octanol–water partition coefficient (Wildman–Crippen LogP) is -0.708. The molecule has 2 atom stereocenters. The molecular formula is C27H35B2N3O9. The van der Waals surface area contributed by atoms with Gasteiger partial charge in [-0.25, -0.2) is 0 Å². The number of fused-ring (bicyclic) bond motifs is 2. The van der Waals surface area contributed by atoms with Crippen molar-refractivity contribution in [2.45, 2.75) is 59.4 Å². The van der Waals surface area contributed by atoms with Crippen LogP contribution in [0.1, 0.15) is 66.0 Å². The monoisotopic (exact) mass is 567 g/mol. The van der Waals surface area contributed by atoms with Crippen LogP contribution in [-0.2, 0) is 32.1 Å². The molecule has 2 unspecified atom stereocenters. The van der Waals surface area contributed by atoms with Gasteiger partial charge in [-0.3, -0.25) is 19.2 Å². The van der Waals surface area contributed by atoms with Crippen molar-refractivity contribution in [2.24, 2.45) is 5.92 Å². The van der Waals surface area contributed by atoms with Crippen LogP contribution in [0.5, 0.6) is 0 Å². The Morgan fingerprint density at radius 3 is 1.76 bits per heavy atom. The van der Waals surface area contributed by atoms with Crippen LogP contribution in [0.4, 0.5) is 0 Å². The zero-order valence-corrected chi connectivity index (χ0v) is 23.5. The summed E-state index contributed by atoms with van der Waals surface area (Å²) in [4.78, 5) is 49.7. The second-order valence-corrected chi connectivity index (χ2v) is 10.5. The number of aliphatic carboxylic acids is 1. The molecule has 41 heavy (non-hydrogen) atoms. The third-order valence-corrected chi connectivity index (χ3v) is 6.21. The maximum absolute atomic E-state index is 13.0. The van der Waals surface area contributed by atoms with E-state index in [1.165, 1.54) is 25.1 Å². The summed E-state index contributed by atoms with van der Waals surface area (Å²) in [5, 5.41) is 36.4. The number of carboxylic acids is 1. The minimum Gasteiger partial charge on any atom is -0.481 e. The first-order chi connectivity index (χ1) is 19.4. The highest BCUT2D eigenvalue weighted by Crippen LogP contribution is 2.13. The van der Waals surface area contributed by atoms with E-state index in [9.17, 15) is 29.2 Å². The van der Waals surface area contributed by atoms with Crippen LogP contribution in [0, 0.1) is 5.92 Å². The summed E-state index contributed by atoms with van der Waals surface area (Å²) in [6, 6.07) is 7.16. The molecule has 0 saturated heterocycles. The molecule has 14 heteroatoms. The SMILES string of the molecule is CC(C)C.CC(NC(=O)c1ccc2c(c1)B(O)OC2)C(NC(=O)c1ccc2c(c1)B(O)OC2)C(=O)NCCC(=O)O. The molecule has 4 rings (SSSR count). The van der Waals surface area contributed by atoms with Gasteiger partial charge in [-0.05, 0) is 59.2 Å². The molecule has 6 N–H and O–H groups in total. The highest BCUT2D eigenvalue weighted by molar-refractivity contribution is 6.62. The molecule has 2 aliphatic rings. The maximum Gasteiger partial charge on any atom is 0.491 e. The number of amides is 3. The third kappa shape index (κ3) is 8.64. The van der Waals surface area contributed by atoms with Gasteiger partial charge in [-0.2, -0.15) is 0 Å². The summed E-state index contributed by atoms with van der Waals surface area (Å²) >= 11 is 0. The van der Waals surface area contributed by atoms with E-state index in [1.807, 2.05) is 0 Å². The number of hydrogen-bond acceptors (Lipinski definition) is 8. The van der Waals surface area contributed by atoms with Gasteiger partial charge in [-0.15, -0.1) is 0 Å². The van der Waals surface area contributed by atoms with E-state index >= 15 is 0 Å². The number of nitrogens with one attached hydrogen (secondary N) is 3. The Labute approximate surface area is 239 Å². The van der Waals surface area contributed by atoms with E-state index in [4.69, 9.17) is 14.4 Å². The number of rotatable bonds is 9. The lowest BCUT2D eigenvalue weighted by Gasteiger charge is -2.25. The van der Waals surface area contributed by atoms with E-state index in [1.54, 1.807) is 18.2 Å². The van der Waals surface area contributed by atoms with Crippen LogP contribution in [0.15, 0.2) is 36.4 Å². The fourth-order valence-electron chi connectivity index (χ4n) is 4.13. The minimum absolute atomic E-state index is 0.165. The second-order valence-electron chi connectivity index (χ2n) is 10.5. The molecule has 218 valence electrons. The summed E-state index contributed by atoms with van der Waals surface area (Å²) in [7, 11) is -2.30. The quantitative estimate of drug-likeness (QED) is 0.213. The summed E-state index contributed by atoms with van der Waals surface area (Å²) in [6.07, 6.45) is -0.324. The molecule has 2 aromatic rings. The number of carbonyl (C=O) groups excluding carboxylic acids is 3. The van der Waals surface area contributed by atoms with Crippen LogP contribution in [-0.4, -0.2) is 71.7 Å². The van der Waals surface area contributed by atoms with E-state index in [0.717, 1.165) is 17.0 Å². The molecule has 2 aliphatic heterocycles. The van der Waals surface area contributed by atoms with Crippen molar-refractivity contribution in [3.05, 3.63) is 58.7 Å². The largest absolute Gasteiger partial charge is 0.491 e. The zero-order valence-electron chi connectivity index (χ0n) is 23.5. The van der Waals surface area contributed by atoms with Crippen molar-refractivity contribution in [3.63, 3.8) is 0 Å². The van der Waals surface area contributed by atoms with E-state index in [2.05, 4.69) is 36.7 Å². The zero-order chi connectivity index (χ0) is 30.3. The van der Waals surface area contributed by atoms with Gasteiger partial charge in [0.25, 0.3) is 11.8 Å². The fraction of sp³-hybridized carbons (Fsp3) is 0.407. The predicted molar refractivity (Wildman–Crippen MR) is 152 cm³/mol. The molecule has 0 fully saturated rings. The van der Waals surface area contributed by atoms with Crippen molar-refractivity contribution in [1.29, 1.82) is 0 Å². The molecule has 0 bridgehead atoms. The standard InChI is InChI=1S/C23H25B2N3O9.C4H10/c1-12(27-21(31)13-2-4-15-10-36-24(34)17(15)8-13)20(23(33)26-7-6-19(29)30)28-22(32)14-3-5-16-11-37-25(35)18(16)9-14;1-4(2)3/h2-5,8-9,12,20,34-35H,6-7,10-11H2,1H3,(H,26,33)(H,27,31)(H,28,32)(H,29,30);4H,1-3H3. The number of carbonyl (C=O) groups is 4. The Hall–Kier alpha value is -3.71. The molecule has 0 saturated carbocycles. The smallest absolute Gasteiger partial charge is 0.481 e. The summed E-state index contributed by atoms with van der Waals surface area (Å²) in [5.74, 6) is -2.15. The van der Waals surface area contributed by atoms with Crippen molar-refractivity contribution in [3.8, 4) is 0 Å². The summed E-state index contributed by atoms with van der Waals surface area (Å²) in [6.45, 7) is 8.28. The lowest BCUT2D eigenvalue weighted by Crippen LogP contribution is -2.57. The minimum atomic E-state index is -1.26. The lowest BCUT2D eigenvalue weighted by molar-refractivity contribution is -0.137. The molecule has 0 spiro atoms. The Morgan fingerprint density at radius 1 is 0.829 bits per heavy atom. The molecule has 3 amide bonds. The second kappa shape index (κ2) is 14.3. The van der Waals surface area contributed by atoms with Gasteiger partial charge in [0.05, 0.1) is 25.7 Å². The molecule has 0 aromatic heterocycles. The van der Waals surface area contributed by atoms with Crippen LogP contribution < -0.4 is 26.9 Å². The normalized spacial score (nSPS) is 14.8. The number of hydrogen-bond donors (Lipinski definition) is 6. The van der Waals surface area contributed by atoms with Gasteiger partial charge in [0.15, 0.2) is 0 Å². The first kappa shape index (κ1) is 31.8. The number of carboxylic acid groups (broad SMARTS) is 1. The van der Waals surface area contributed by atoms with E-state index in [0.29, 0.717) is 10.9 Å². The van der Waals surface area contributed by atoms with Crippen molar-refractivity contribution >= 4 is 48.9 Å². The van der Waals surface area contributed by atoms with Crippen LogP contribution >= 0.6 is 0 Å². The van der Waals surface area contributed by atoms with Crippen LogP contribution in [0.2, 0.25) is 0 Å². The first-order valence-corrected chi connectivity index (χ1v) is 13.3. The van der Waals surface area contributed by atoms with Crippen molar-refractivity contribution in [2.75, 3.05) is 6.54 Å². The van der Waals surface area contributed by atoms with Gasteiger partial charge in [0.1, 0.15) is 6.04 Å². The Balaban J connectivity index is 0.00000108. The molecule has 12 nitrogen and oxygen atoms in total. The first-order valence-electron chi connectivity index (χ1n) is 13.3. The summed E-state index contributed by atoms with van der Waals surface area (Å²) in [5.41, 5.74) is 2.79. The van der Waals surface area contributed by atoms with E-state index < -0.39 is 50.0 Å². The Kier molecular flexibility index (Phi) is 11.1. The Morgan fingerprint density at radius 2 is 1.29 bits per heavy atom. The topological polar surface area (TPSA) is 184 Å². The van der Waals surface area contributed by atoms with Crippen molar-refractivity contribution < 1.29 is 43.6 Å². The fourth-order valence-corrected chi connectivity index (χ4v) is 4.13. The highest BCUT2D eigenvalue weighted by atomic mass is 16.5. The van der Waals surface area contributed by atoms with Gasteiger partial charge in [-0.1, -0.05) is 32.9 Å². The third-order valence-electron chi connectivity index (χ3n) is 6.21. The molecule has 2 heterocycles. The van der Waals surface area contributed by atoms with Crippen LogP contribution in [0.25, 0.3) is 0 Å². The van der Waals surface area contributed by atoms with Gasteiger partial charge >= 0.3 is 20.2 Å². The number of benzene rings is 2. The van der Waals surface area contributed by atoms with E-state index in [-0.39, 0.29) is 37.3 Å². The molecule has 0 aliphatic carbocycles. The highest BCUT2D eigenvalue weighted by Gasteiger charge is 2.32. The molecule has 0 radical (unpaired) electrons. The van der Waals surface area contributed by atoms with Crippen molar-refractivity contribution in [1.82, 2.24) is 16.0 Å². The molecular weight excluding hydrogens is 532 g/mol. The van der Waals surface area contributed by atoms with Gasteiger partial charge in [0, 0.05) is 17.7 Å². The average molecular weight is 567 g/mol. The van der Waals surface area contributed by atoms with Crippen LogP contribution in [0.3, 0.4) is 0 Å². The molecule has 2 aromatic carbocycles. The Bertz CT molecular complexity index is 1290. The lowest BCUT2D eigenvalue weighted by atomic mass is 9.78.